The average molecular weight is 308 g/mol. The van der Waals surface area contributed by atoms with Crippen LogP contribution in [0.3, 0.4) is 0 Å². The predicted octanol–water partition coefficient (Wildman–Crippen LogP) is 0.431. The number of morpholine rings is 1. The fraction of sp³-hybridized carbons (Fsp3) is 0.733. The third-order valence-electron chi connectivity index (χ3n) is 4.58. The molecule has 1 aromatic rings. The smallest absolute Gasteiger partial charge is 0.226 e. The number of methoxy groups -OCH3 is 1. The highest BCUT2D eigenvalue weighted by Crippen LogP contribution is 2.31. The standard InChI is InChI=1S/C15H24N4O3/c1-11-6-13(21-2)18-14(17-11)16-8-15(9-20)10-22-7-12-4-3-5-19(12)15/h6,12,20H,3-5,7-10H2,1-2H3,(H,16,17,18)/t12-,15+/m0/s1. The molecule has 0 bridgehead atoms. The molecule has 1 aromatic heterocycles. The molecule has 7 heteroatoms. The van der Waals surface area contributed by atoms with Gasteiger partial charge in [0.25, 0.3) is 0 Å². The van der Waals surface area contributed by atoms with Crippen LogP contribution in [0.15, 0.2) is 6.07 Å². The van der Waals surface area contributed by atoms with E-state index in [4.69, 9.17) is 9.47 Å². The molecule has 2 fully saturated rings. The number of aromatic nitrogens is 2. The van der Waals surface area contributed by atoms with Crippen molar-refractivity contribution in [1.29, 1.82) is 0 Å². The van der Waals surface area contributed by atoms with E-state index in [1.165, 1.54) is 0 Å². The van der Waals surface area contributed by atoms with E-state index in [0.717, 1.165) is 31.7 Å². The van der Waals surface area contributed by atoms with E-state index < -0.39 is 5.54 Å². The number of aliphatic hydroxyl groups excluding tert-OH is 1. The van der Waals surface area contributed by atoms with Gasteiger partial charge in [0.1, 0.15) is 0 Å². The Morgan fingerprint density at radius 2 is 2.41 bits per heavy atom. The number of fused-ring (bicyclic) bond motifs is 1. The highest BCUT2D eigenvalue weighted by molar-refractivity contribution is 5.31. The summed E-state index contributed by atoms with van der Waals surface area (Å²) >= 11 is 0. The van der Waals surface area contributed by atoms with Crippen molar-refractivity contribution in [3.63, 3.8) is 0 Å². The molecule has 122 valence electrons. The maximum atomic E-state index is 9.99. The van der Waals surface area contributed by atoms with Crippen molar-refractivity contribution >= 4 is 5.95 Å². The van der Waals surface area contributed by atoms with Gasteiger partial charge in [0.2, 0.25) is 11.8 Å². The van der Waals surface area contributed by atoms with E-state index in [1.54, 1.807) is 13.2 Å². The lowest BCUT2D eigenvalue weighted by Gasteiger charge is -2.47. The zero-order valence-corrected chi connectivity index (χ0v) is 13.2. The van der Waals surface area contributed by atoms with Crippen LogP contribution in [0.5, 0.6) is 5.88 Å². The average Bonchev–Trinajstić information content (AvgIpc) is 3.02. The van der Waals surface area contributed by atoms with Crippen LogP contribution in [0.1, 0.15) is 18.5 Å². The molecule has 0 amide bonds. The summed E-state index contributed by atoms with van der Waals surface area (Å²) in [5.74, 6) is 1.05. The highest BCUT2D eigenvalue weighted by Gasteiger charge is 2.46. The zero-order valence-electron chi connectivity index (χ0n) is 13.2. The van der Waals surface area contributed by atoms with E-state index in [-0.39, 0.29) is 6.61 Å². The third kappa shape index (κ3) is 2.88. The second kappa shape index (κ2) is 6.36. The molecule has 2 aliphatic heterocycles. The molecule has 2 saturated heterocycles. The Bertz CT molecular complexity index is 528. The van der Waals surface area contributed by atoms with Crippen LogP contribution >= 0.6 is 0 Å². The molecule has 3 heterocycles. The summed E-state index contributed by atoms with van der Waals surface area (Å²) in [7, 11) is 1.59. The number of nitrogens with zero attached hydrogens (tertiary/aromatic N) is 3. The van der Waals surface area contributed by atoms with Gasteiger partial charge in [-0.1, -0.05) is 0 Å². The number of aryl methyl sites for hydroxylation is 1. The largest absolute Gasteiger partial charge is 0.481 e. The molecule has 0 radical (unpaired) electrons. The molecule has 0 aliphatic carbocycles. The van der Waals surface area contributed by atoms with Crippen LogP contribution in [0.25, 0.3) is 0 Å². The van der Waals surface area contributed by atoms with Gasteiger partial charge in [-0.15, -0.1) is 0 Å². The van der Waals surface area contributed by atoms with Crippen molar-refractivity contribution in [3.05, 3.63) is 11.8 Å². The zero-order chi connectivity index (χ0) is 15.6. The lowest BCUT2D eigenvalue weighted by atomic mass is 9.96. The summed E-state index contributed by atoms with van der Waals surface area (Å²) in [5, 5.41) is 13.2. The number of anilines is 1. The molecular weight excluding hydrogens is 284 g/mol. The van der Waals surface area contributed by atoms with Gasteiger partial charge in [-0.25, -0.2) is 4.98 Å². The molecule has 2 N–H and O–H groups in total. The number of ether oxygens (including phenoxy) is 2. The molecule has 2 aliphatic rings. The first-order chi connectivity index (χ1) is 10.7. The summed E-state index contributed by atoms with van der Waals surface area (Å²) in [6, 6.07) is 2.20. The van der Waals surface area contributed by atoms with Crippen molar-refractivity contribution in [1.82, 2.24) is 14.9 Å². The topological polar surface area (TPSA) is 79.7 Å². The van der Waals surface area contributed by atoms with E-state index in [1.807, 2.05) is 6.92 Å². The molecule has 0 aromatic carbocycles. The molecule has 0 unspecified atom stereocenters. The molecule has 3 rings (SSSR count). The minimum atomic E-state index is -0.403. The van der Waals surface area contributed by atoms with Crippen LogP contribution < -0.4 is 10.1 Å². The van der Waals surface area contributed by atoms with Crippen molar-refractivity contribution in [2.45, 2.75) is 31.3 Å². The normalized spacial score (nSPS) is 28.4. The first-order valence-corrected chi connectivity index (χ1v) is 7.76. The van der Waals surface area contributed by atoms with E-state index in [0.29, 0.717) is 31.0 Å². The van der Waals surface area contributed by atoms with E-state index in [2.05, 4.69) is 20.2 Å². The van der Waals surface area contributed by atoms with E-state index >= 15 is 0 Å². The van der Waals surface area contributed by atoms with Gasteiger partial charge < -0.3 is 19.9 Å². The summed E-state index contributed by atoms with van der Waals surface area (Å²) in [6.07, 6.45) is 2.29. The monoisotopic (exact) mass is 308 g/mol. The third-order valence-corrected chi connectivity index (χ3v) is 4.58. The Hall–Kier alpha value is -1.44. The van der Waals surface area contributed by atoms with Gasteiger partial charge in [-0.3, -0.25) is 4.90 Å². The number of aliphatic hydroxyl groups is 1. The van der Waals surface area contributed by atoms with Crippen LogP contribution in [-0.4, -0.2) is 71.6 Å². The molecule has 7 nitrogen and oxygen atoms in total. The van der Waals surface area contributed by atoms with Crippen molar-refractivity contribution in [2.75, 3.05) is 45.3 Å². The molecule has 2 atom stereocenters. The predicted molar refractivity (Wildman–Crippen MR) is 82.2 cm³/mol. The fourth-order valence-corrected chi connectivity index (χ4v) is 3.41. The van der Waals surface area contributed by atoms with Gasteiger partial charge in [0.15, 0.2) is 0 Å². The Labute approximate surface area is 130 Å². The fourth-order valence-electron chi connectivity index (χ4n) is 3.41. The number of nitrogens with one attached hydrogen (secondary N) is 1. The SMILES string of the molecule is COc1cc(C)nc(NC[C@@]2(CO)COC[C@@H]3CCCN32)n1. The van der Waals surface area contributed by atoms with Crippen LogP contribution in [-0.2, 0) is 4.74 Å². The second-order valence-electron chi connectivity index (χ2n) is 6.12. The quantitative estimate of drug-likeness (QED) is 0.816. The molecular formula is C15H24N4O3. The Morgan fingerprint density at radius 1 is 1.55 bits per heavy atom. The first kappa shape index (κ1) is 15.5. The minimum Gasteiger partial charge on any atom is -0.481 e. The Balaban J connectivity index is 1.74. The van der Waals surface area contributed by atoms with Gasteiger partial charge in [0.05, 0.1) is 32.5 Å². The number of rotatable bonds is 5. The van der Waals surface area contributed by atoms with Crippen molar-refractivity contribution in [2.24, 2.45) is 0 Å². The molecule has 0 saturated carbocycles. The maximum absolute atomic E-state index is 9.99. The van der Waals surface area contributed by atoms with Crippen molar-refractivity contribution < 1.29 is 14.6 Å². The first-order valence-electron chi connectivity index (χ1n) is 7.76. The lowest BCUT2D eigenvalue weighted by molar-refractivity contribution is -0.101. The van der Waals surface area contributed by atoms with Gasteiger partial charge in [-0.2, -0.15) is 4.98 Å². The van der Waals surface area contributed by atoms with Crippen LogP contribution in [0, 0.1) is 6.92 Å². The van der Waals surface area contributed by atoms with Gasteiger partial charge >= 0.3 is 0 Å². The van der Waals surface area contributed by atoms with E-state index in [9.17, 15) is 5.11 Å². The highest BCUT2D eigenvalue weighted by atomic mass is 16.5. The van der Waals surface area contributed by atoms with Crippen LogP contribution in [0.2, 0.25) is 0 Å². The Kier molecular flexibility index (Phi) is 4.46. The lowest BCUT2D eigenvalue weighted by Crippen LogP contribution is -2.64. The number of hydrogen-bond acceptors (Lipinski definition) is 7. The minimum absolute atomic E-state index is 0.0550. The van der Waals surface area contributed by atoms with Crippen LogP contribution in [0.4, 0.5) is 5.95 Å². The summed E-state index contributed by atoms with van der Waals surface area (Å²) in [5.41, 5.74) is 0.436. The maximum Gasteiger partial charge on any atom is 0.226 e. The summed E-state index contributed by atoms with van der Waals surface area (Å²) < 4.78 is 10.9. The van der Waals surface area contributed by atoms with Crippen molar-refractivity contribution in [3.8, 4) is 5.88 Å². The second-order valence-corrected chi connectivity index (χ2v) is 6.12. The summed E-state index contributed by atoms with van der Waals surface area (Å²) in [4.78, 5) is 11.1. The van der Waals surface area contributed by atoms with Gasteiger partial charge in [0, 0.05) is 24.3 Å². The van der Waals surface area contributed by atoms with Gasteiger partial charge in [-0.05, 0) is 26.3 Å². The number of hydrogen-bond donors (Lipinski definition) is 2. The molecule has 0 spiro atoms. The molecule has 22 heavy (non-hydrogen) atoms. The Morgan fingerprint density at radius 3 is 3.18 bits per heavy atom. The summed E-state index contributed by atoms with van der Waals surface area (Å²) in [6.45, 7) is 4.80.